The number of nitrogens with one attached hydrogen (secondary N) is 2. The SMILES string of the molecule is CC(=O)NC1CCN(C(=O)c2csc3c(=O)[nH]c(-c4ccccn4)nc23)CC1. The van der Waals surface area contributed by atoms with Gasteiger partial charge < -0.3 is 15.2 Å². The molecule has 2 amide bonds. The second-order valence-electron chi connectivity index (χ2n) is 6.72. The third-order valence-corrected chi connectivity index (χ3v) is 5.72. The largest absolute Gasteiger partial charge is 0.353 e. The van der Waals surface area contributed by atoms with Crippen LogP contribution in [0, 0.1) is 0 Å². The summed E-state index contributed by atoms with van der Waals surface area (Å²) >= 11 is 1.21. The maximum absolute atomic E-state index is 13.0. The number of hydrogen-bond acceptors (Lipinski definition) is 6. The zero-order valence-corrected chi connectivity index (χ0v) is 16.1. The molecule has 8 nitrogen and oxygen atoms in total. The maximum Gasteiger partial charge on any atom is 0.269 e. The Balaban J connectivity index is 1.62. The number of H-pyrrole nitrogens is 1. The number of aromatic nitrogens is 3. The fraction of sp³-hybridized carbons (Fsp3) is 0.316. The van der Waals surface area contributed by atoms with Gasteiger partial charge in [-0.2, -0.15) is 0 Å². The Kier molecular flexibility index (Phi) is 4.91. The first kappa shape index (κ1) is 18.3. The number of piperidine rings is 1. The van der Waals surface area contributed by atoms with E-state index in [4.69, 9.17) is 0 Å². The lowest BCUT2D eigenvalue weighted by atomic mass is 10.0. The van der Waals surface area contributed by atoms with Crippen molar-refractivity contribution in [1.29, 1.82) is 0 Å². The predicted molar refractivity (Wildman–Crippen MR) is 106 cm³/mol. The molecular formula is C19H19N5O3S. The number of nitrogens with zero attached hydrogens (tertiary/aromatic N) is 3. The van der Waals surface area contributed by atoms with Crippen LogP contribution in [-0.4, -0.2) is 50.8 Å². The van der Waals surface area contributed by atoms with Crippen LogP contribution in [-0.2, 0) is 4.79 Å². The number of carbonyl (C=O) groups excluding carboxylic acids is 2. The van der Waals surface area contributed by atoms with Crippen molar-refractivity contribution in [3.8, 4) is 11.5 Å². The summed E-state index contributed by atoms with van der Waals surface area (Å²) in [6.45, 7) is 2.60. The minimum absolute atomic E-state index is 0.0564. The maximum atomic E-state index is 13.0. The molecule has 1 aliphatic heterocycles. The first-order valence-electron chi connectivity index (χ1n) is 9.02. The highest BCUT2D eigenvalue weighted by molar-refractivity contribution is 7.17. The van der Waals surface area contributed by atoms with Crippen molar-refractivity contribution in [2.24, 2.45) is 0 Å². The molecule has 0 unspecified atom stereocenters. The zero-order chi connectivity index (χ0) is 19.7. The van der Waals surface area contributed by atoms with Gasteiger partial charge in [-0.25, -0.2) is 4.98 Å². The van der Waals surface area contributed by atoms with Gasteiger partial charge in [0, 0.05) is 37.6 Å². The summed E-state index contributed by atoms with van der Waals surface area (Å²) in [6.07, 6.45) is 3.04. The van der Waals surface area contributed by atoms with E-state index < -0.39 is 0 Å². The smallest absolute Gasteiger partial charge is 0.269 e. The summed E-state index contributed by atoms with van der Waals surface area (Å²) in [5.41, 5.74) is 1.10. The predicted octanol–water partition coefficient (Wildman–Crippen LogP) is 1.79. The highest BCUT2D eigenvalue weighted by Gasteiger charge is 2.26. The molecule has 1 fully saturated rings. The van der Waals surface area contributed by atoms with E-state index in [1.165, 1.54) is 18.3 Å². The molecule has 4 rings (SSSR count). The molecule has 0 spiro atoms. The Labute approximate surface area is 164 Å². The molecule has 0 aliphatic carbocycles. The normalized spacial score (nSPS) is 15.0. The number of likely N-dealkylation sites (tertiary alicyclic amines) is 1. The van der Waals surface area contributed by atoms with E-state index in [1.807, 2.05) is 6.07 Å². The van der Waals surface area contributed by atoms with E-state index >= 15 is 0 Å². The number of carbonyl (C=O) groups is 2. The van der Waals surface area contributed by atoms with Crippen molar-refractivity contribution in [1.82, 2.24) is 25.2 Å². The van der Waals surface area contributed by atoms with E-state index in [0.29, 0.717) is 53.2 Å². The van der Waals surface area contributed by atoms with Crippen molar-refractivity contribution >= 4 is 33.4 Å². The molecule has 28 heavy (non-hydrogen) atoms. The van der Waals surface area contributed by atoms with Gasteiger partial charge in [0.05, 0.1) is 5.56 Å². The van der Waals surface area contributed by atoms with Crippen molar-refractivity contribution in [2.75, 3.05) is 13.1 Å². The number of amides is 2. The highest BCUT2D eigenvalue weighted by Crippen LogP contribution is 2.25. The number of pyridine rings is 1. The number of thiophene rings is 1. The first-order chi connectivity index (χ1) is 13.5. The molecule has 1 saturated heterocycles. The number of fused-ring (bicyclic) bond motifs is 1. The molecule has 1 aliphatic rings. The second-order valence-corrected chi connectivity index (χ2v) is 7.60. The quantitative estimate of drug-likeness (QED) is 0.700. The first-order valence-corrected chi connectivity index (χ1v) is 9.90. The van der Waals surface area contributed by atoms with Crippen LogP contribution < -0.4 is 10.9 Å². The average Bonchev–Trinajstić information content (AvgIpc) is 3.13. The van der Waals surface area contributed by atoms with Crippen molar-refractivity contribution < 1.29 is 9.59 Å². The Morgan fingerprint density at radius 2 is 2.07 bits per heavy atom. The third-order valence-electron chi connectivity index (χ3n) is 4.75. The van der Waals surface area contributed by atoms with Crippen LogP contribution in [0.25, 0.3) is 21.7 Å². The van der Waals surface area contributed by atoms with Gasteiger partial charge in [-0.3, -0.25) is 19.4 Å². The minimum Gasteiger partial charge on any atom is -0.353 e. The zero-order valence-electron chi connectivity index (χ0n) is 15.3. The molecule has 3 aromatic rings. The van der Waals surface area contributed by atoms with Gasteiger partial charge in [0.15, 0.2) is 5.82 Å². The highest BCUT2D eigenvalue weighted by atomic mass is 32.1. The molecule has 3 aromatic heterocycles. The van der Waals surface area contributed by atoms with Crippen LogP contribution in [0.4, 0.5) is 0 Å². The molecule has 0 bridgehead atoms. The van der Waals surface area contributed by atoms with Crippen molar-refractivity contribution in [3.63, 3.8) is 0 Å². The van der Waals surface area contributed by atoms with E-state index in [2.05, 4.69) is 20.3 Å². The molecular weight excluding hydrogens is 378 g/mol. The Morgan fingerprint density at radius 3 is 2.75 bits per heavy atom. The second kappa shape index (κ2) is 7.51. The molecule has 0 saturated carbocycles. The molecule has 144 valence electrons. The van der Waals surface area contributed by atoms with Gasteiger partial charge in [0.2, 0.25) is 5.91 Å². The molecule has 0 aromatic carbocycles. The Hall–Kier alpha value is -3.07. The topological polar surface area (TPSA) is 108 Å². The van der Waals surface area contributed by atoms with E-state index in [1.54, 1.807) is 28.6 Å². The number of rotatable bonds is 3. The van der Waals surface area contributed by atoms with Gasteiger partial charge in [-0.1, -0.05) is 6.07 Å². The summed E-state index contributed by atoms with van der Waals surface area (Å²) in [6, 6.07) is 5.44. The van der Waals surface area contributed by atoms with Gasteiger partial charge in [0.25, 0.3) is 11.5 Å². The van der Waals surface area contributed by atoms with Crippen LogP contribution in [0.1, 0.15) is 30.1 Å². The number of hydrogen-bond donors (Lipinski definition) is 2. The van der Waals surface area contributed by atoms with Crippen LogP contribution in [0.5, 0.6) is 0 Å². The summed E-state index contributed by atoms with van der Waals surface area (Å²) in [5.74, 6) is 0.145. The van der Waals surface area contributed by atoms with Crippen LogP contribution in [0.15, 0.2) is 34.6 Å². The van der Waals surface area contributed by atoms with Gasteiger partial charge >= 0.3 is 0 Å². The van der Waals surface area contributed by atoms with Gasteiger partial charge in [-0.05, 0) is 25.0 Å². The van der Waals surface area contributed by atoms with E-state index in [0.717, 1.165) is 0 Å². The van der Waals surface area contributed by atoms with E-state index in [-0.39, 0.29) is 23.4 Å². The van der Waals surface area contributed by atoms with Gasteiger partial charge in [0.1, 0.15) is 15.9 Å². The van der Waals surface area contributed by atoms with Crippen LogP contribution in [0.2, 0.25) is 0 Å². The standard InChI is InChI=1S/C19H19N5O3S/c1-11(25)21-12-5-8-24(9-6-12)19(27)13-10-28-16-15(13)22-17(23-18(16)26)14-4-2-3-7-20-14/h2-4,7,10,12H,5-6,8-9H2,1H3,(H,21,25)(H,22,23,26). The summed E-state index contributed by atoms with van der Waals surface area (Å²) < 4.78 is 0.427. The molecule has 2 N–H and O–H groups in total. The minimum atomic E-state index is -0.279. The van der Waals surface area contributed by atoms with Crippen molar-refractivity contribution in [3.05, 3.63) is 45.7 Å². The summed E-state index contributed by atoms with van der Waals surface area (Å²) in [5, 5.41) is 4.59. The lowest BCUT2D eigenvalue weighted by Gasteiger charge is -2.32. The Morgan fingerprint density at radius 1 is 1.29 bits per heavy atom. The average molecular weight is 397 g/mol. The Bertz CT molecular complexity index is 1080. The molecule has 0 atom stereocenters. The molecule has 4 heterocycles. The summed E-state index contributed by atoms with van der Waals surface area (Å²) in [7, 11) is 0. The monoisotopic (exact) mass is 397 g/mol. The third kappa shape index (κ3) is 3.53. The number of aromatic amines is 1. The van der Waals surface area contributed by atoms with Gasteiger partial charge in [-0.15, -0.1) is 11.3 Å². The fourth-order valence-electron chi connectivity index (χ4n) is 3.39. The van der Waals surface area contributed by atoms with Crippen LogP contribution in [0.3, 0.4) is 0 Å². The van der Waals surface area contributed by atoms with Crippen molar-refractivity contribution in [2.45, 2.75) is 25.8 Å². The lowest BCUT2D eigenvalue weighted by molar-refractivity contribution is -0.119. The fourth-order valence-corrected chi connectivity index (χ4v) is 4.26. The summed E-state index contributed by atoms with van der Waals surface area (Å²) in [4.78, 5) is 49.9. The lowest BCUT2D eigenvalue weighted by Crippen LogP contribution is -2.46. The molecule has 0 radical (unpaired) electrons. The van der Waals surface area contributed by atoms with Crippen LogP contribution >= 0.6 is 11.3 Å². The molecule has 9 heteroatoms. The van der Waals surface area contributed by atoms with E-state index in [9.17, 15) is 14.4 Å².